The van der Waals surface area contributed by atoms with E-state index in [0.717, 1.165) is 18.4 Å². The van der Waals surface area contributed by atoms with Crippen LogP contribution in [0.4, 0.5) is 4.39 Å². The lowest BCUT2D eigenvalue weighted by Crippen LogP contribution is -2.41. The predicted octanol–water partition coefficient (Wildman–Crippen LogP) is 3.57. The van der Waals surface area contributed by atoms with E-state index in [1.54, 1.807) is 17.2 Å². The SMILES string of the molecule is O=C(c1cn(Cc2ccc(F)cc2Cl)nn1)N1CCC([C@@H](O)Cc2ccccc2)CC1. The Labute approximate surface area is 185 Å². The number of rotatable bonds is 6. The molecule has 2 aromatic carbocycles. The Kier molecular flexibility index (Phi) is 6.63. The number of carbonyl (C=O) groups is 1. The molecule has 31 heavy (non-hydrogen) atoms. The zero-order chi connectivity index (χ0) is 21.8. The van der Waals surface area contributed by atoms with Crippen molar-refractivity contribution in [3.05, 3.63) is 82.4 Å². The molecule has 1 aliphatic rings. The number of carbonyl (C=O) groups excluding carboxylic acids is 1. The second kappa shape index (κ2) is 9.58. The molecule has 162 valence electrons. The molecule has 1 aliphatic heterocycles. The number of amides is 1. The van der Waals surface area contributed by atoms with E-state index in [4.69, 9.17) is 11.6 Å². The number of benzene rings is 2. The standard InChI is InChI=1S/C23H24ClFN4O2/c24-20-13-19(25)7-6-18(20)14-29-15-21(26-27-29)23(31)28-10-8-17(9-11-28)22(30)12-16-4-2-1-3-5-16/h1-7,13,15,17,22,30H,8-12,14H2/t22-/m0/s1. The van der Waals surface area contributed by atoms with Gasteiger partial charge in [0.2, 0.25) is 0 Å². The summed E-state index contributed by atoms with van der Waals surface area (Å²) in [4.78, 5) is 14.6. The van der Waals surface area contributed by atoms with E-state index in [2.05, 4.69) is 10.3 Å². The van der Waals surface area contributed by atoms with Crippen LogP contribution < -0.4 is 0 Å². The summed E-state index contributed by atoms with van der Waals surface area (Å²) in [5.41, 5.74) is 2.08. The second-order valence-corrected chi connectivity index (χ2v) is 8.33. The van der Waals surface area contributed by atoms with Crippen LogP contribution >= 0.6 is 11.6 Å². The summed E-state index contributed by atoms with van der Waals surface area (Å²) in [6, 6.07) is 14.1. The van der Waals surface area contributed by atoms with Gasteiger partial charge in [0.25, 0.3) is 5.91 Å². The van der Waals surface area contributed by atoms with Crippen LogP contribution in [0.25, 0.3) is 0 Å². The van der Waals surface area contributed by atoms with Crippen LogP contribution in [0.3, 0.4) is 0 Å². The van der Waals surface area contributed by atoms with E-state index in [1.165, 1.54) is 16.8 Å². The predicted molar refractivity (Wildman–Crippen MR) is 115 cm³/mol. The highest BCUT2D eigenvalue weighted by Gasteiger charge is 2.29. The van der Waals surface area contributed by atoms with Gasteiger partial charge >= 0.3 is 0 Å². The zero-order valence-corrected chi connectivity index (χ0v) is 17.7. The molecular formula is C23H24ClFN4O2. The number of piperidine rings is 1. The minimum Gasteiger partial charge on any atom is -0.392 e. The van der Waals surface area contributed by atoms with Crippen molar-refractivity contribution < 1.29 is 14.3 Å². The fourth-order valence-electron chi connectivity index (χ4n) is 3.97. The fourth-order valence-corrected chi connectivity index (χ4v) is 4.20. The first-order valence-electron chi connectivity index (χ1n) is 10.3. The maximum atomic E-state index is 13.2. The van der Waals surface area contributed by atoms with Crippen LogP contribution in [0.15, 0.2) is 54.7 Å². The van der Waals surface area contributed by atoms with E-state index in [9.17, 15) is 14.3 Å². The van der Waals surface area contributed by atoms with Gasteiger partial charge in [-0.3, -0.25) is 4.79 Å². The molecule has 1 aromatic heterocycles. The Morgan fingerprint density at radius 2 is 1.94 bits per heavy atom. The summed E-state index contributed by atoms with van der Waals surface area (Å²) in [7, 11) is 0. The van der Waals surface area contributed by atoms with E-state index in [-0.39, 0.29) is 17.5 Å². The molecule has 8 heteroatoms. The topological polar surface area (TPSA) is 71.2 Å². The lowest BCUT2D eigenvalue weighted by Gasteiger charge is -2.34. The highest BCUT2D eigenvalue weighted by Crippen LogP contribution is 2.24. The molecule has 0 unspecified atom stereocenters. The third-order valence-electron chi connectivity index (χ3n) is 5.76. The first-order chi connectivity index (χ1) is 15.0. The Morgan fingerprint density at radius 1 is 1.19 bits per heavy atom. The number of hydrogen-bond acceptors (Lipinski definition) is 4. The van der Waals surface area contributed by atoms with Crippen molar-refractivity contribution in [1.82, 2.24) is 19.9 Å². The lowest BCUT2D eigenvalue weighted by atomic mass is 9.88. The average Bonchev–Trinajstić information content (AvgIpc) is 3.24. The van der Waals surface area contributed by atoms with Crippen molar-refractivity contribution in [3.8, 4) is 0 Å². The Morgan fingerprint density at radius 3 is 2.65 bits per heavy atom. The van der Waals surface area contributed by atoms with Gasteiger partial charge in [-0.25, -0.2) is 9.07 Å². The molecule has 4 rings (SSSR count). The highest BCUT2D eigenvalue weighted by molar-refractivity contribution is 6.31. The number of nitrogens with zero attached hydrogens (tertiary/aromatic N) is 4. The molecule has 3 aromatic rings. The highest BCUT2D eigenvalue weighted by atomic mass is 35.5. The van der Waals surface area contributed by atoms with Gasteiger partial charge in [-0.2, -0.15) is 0 Å². The number of likely N-dealkylation sites (tertiary alicyclic amines) is 1. The van der Waals surface area contributed by atoms with E-state index >= 15 is 0 Å². The summed E-state index contributed by atoms with van der Waals surface area (Å²) in [6.45, 7) is 1.45. The average molecular weight is 443 g/mol. The summed E-state index contributed by atoms with van der Waals surface area (Å²) in [5.74, 6) is -0.409. The smallest absolute Gasteiger partial charge is 0.276 e. The van der Waals surface area contributed by atoms with Gasteiger partial charge in [0.05, 0.1) is 18.8 Å². The monoisotopic (exact) mass is 442 g/mol. The second-order valence-electron chi connectivity index (χ2n) is 7.92. The summed E-state index contributed by atoms with van der Waals surface area (Å²) in [5, 5.41) is 18.9. The van der Waals surface area contributed by atoms with Crippen molar-refractivity contribution in [2.75, 3.05) is 13.1 Å². The number of hydrogen-bond donors (Lipinski definition) is 1. The first kappa shape index (κ1) is 21.5. The molecule has 0 aliphatic carbocycles. The molecule has 1 N–H and O–H groups in total. The first-order valence-corrected chi connectivity index (χ1v) is 10.7. The summed E-state index contributed by atoms with van der Waals surface area (Å²) >= 11 is 6.06. The van der Waals surface area contributed by atoms with E-state index < -0.39 is 11.9 Å². The van der Waals surface area contributed by atoms with Gasteiger partial charge in [0, 0.05) is 18.1 Å². The van der Waals surface area contributed by atoms with Gasteiger partial charge in [-0.15, -0.1) is 5.10 Å². The van der Waals surface area contributed by atoms with Crippen LogP contribution in [-0.2, 0) is 13.0 Å². The maximum absolute atomic E-state index is 13.2. The third-order valence-corrected chi connectivity index (χ3v) is 6.12. The van der Waals surface area contributed by atoms with Crippen molar-refractivity contribution in [2.24, 2.45) is 5.92 Å². The molecule has 0 saturated carbocycles. The molecule has 1 fully saturated rings. The van der Waals surface area contributed by atoms with Crippen molar-refractivity contribution in [1.29, 1.82) is 0 Å². The third kappa shape index (κ3) is 5.29. The van der Waals surface area contributed by atoms with Crippen LogP contribution in [0.5, 0.6) is 0 Å². The zero-order valence-electron chi connectivity index (χ0n) is 17.0. The normalized spacial score (nSPS) is 15.8. The summed E-state index contributed by atoms with van der Waals surface area (Å²) in [6.07, 6.45) is 3.29. The quantitative estimate of drug-likeness (QED) is 0.633. The summed E-state index contributed by atoms with van der Waals surface area (Å²) < 4.78 is 14.7. The van der Waals surface area contributed by atoms with Gasteiger partial charge in [-0.1, -0.05) is 53.2 Å². The number of aliphatic hydroxyl groups is 1. The van der Waals surface area contributed by atoms with Gasteiger partial charge in [0.15, 0.2) is 5.69 Å². The number of halogens is 2. The molecular weight excluding hydrogens is 419 g/mol. The molecule has 1 atom stereocenters. The molecule has 1 saturated heterocycles. The fraction of sp³-hybridized carbons (Fsp3) is 0.348. The van der Waals surface area contributed by atoms with Crippen LogP contribution in [0.1, 0.15) is 34.5 Å². The van der Waals surface area contributed by atoms with Crippen LogP contribution in [0, 0.1) is 11.7 Å². The number of aliphatic hydroxyl groups excluding tert-OH is 1. The molecule has 0 radical (unpaired) electrons. The van der Waals surface area contributed by atoms with Crippen molar-refractivity contribution in [2.45, 2.75) is 31.9 Å². The van der Waals surface area contributed by atoms with Gasteiger partial charge in [0.1, 0.15) is 5.82 Å². The largest absolute Gasteiger partial charge is 0.392 e. The lowest BCUT2D eigenvalue weighted by molar-refractivity contribution is 0.0463. The van der Waals surface area contributed by atoms with Gasteiger partial charge < -0.3 is 10.0 Å². The molecule has 6 nitrogen and oxygen atoms in total. The number of aromatic nitrogens is 3. The van der Waals surface area contributed by atoms with Crippen molar-refractivity contribution in [3.63, 3.8) is 0 Å². The van der Waals surface area contributed by atoms with Crippen molar-refractivity contribution >= 4 is 17.5 Å². The Balaban J connectivity index is 1.31. The molecule has 0 bridgehead atoms. The van der Waals surface area contributed by atoms with E-state index in [1.807, 2.05) is 30.3 Å². The molecule has 1 amide bonds. The van der Waals surface area contributed by atoms with Gasteiger partial charge in [-0.05, 0) is 48.4 Å². The maximum Gasteiger partial charge on any atom is 0.276 e. The Bertz CT molecular complexity index is 1040. The van der Waals surface area contributed by atoms with E-state index in [0.29, 0.717) is 36.6 Å². The Hall–Kier alpha value is -2.77. The minimum absolute atomic E-state index is 0.167. The molecule has 0 spiro atoms. The van der Waals surface area contributed by atoms with Crippen LogP contribution in [-0.4, -0.2) is 50.1 Å². The molecule has 2 heterocycles. The minimum atomic E-state index is -0.416. The van der Waals surface area contributed by atoms with Crippen LogP contribution in [0.2, 0.25) is 5.02 Å².